The van der Waals surface area contributed by atoms with E-state index in [9.17, 15) is 27.6 Å². The minimum absolute atomic E-state index is 0.0436. The molecule has 4 atom stereocenters. The first-order valence-electron chi connectivity index (χ1n) is 11.7. The molecule has 2 fully saturated rings. The van der Waals surface area contributed by atoms with Gasteiger partial charge in [-0.05, 0) is 47.5 Å². The Kier molecular flexibility index (Phi) is 5.18. The summed E-state index contributed by atoms with van der Waals surface area (Å²) in [7, 11) is 0. The molecule has 37 heavy (non-hydrogen) atoms. The van der Waals surface area contributed by atoms with Crippen molar-refractivity contribution in [2.45, 2.75) is 18.3 Å². The molecule has 3 aliphatic rings. The number of fused-ring (bicyclic) bond motifs is 5. The van der Waals surface area contributed by atoms with Gasteiger partial charge < -0.3 is 10.2 Å². The quantitative estimate of drug-likeness (QED) is 0.519. The number of alkyl halides is 3. The Balaban J connectivity index is 1.41. The van der Waals surface area contributed by atoms with Crippen LogP contribution in [0.2, 0.25) is 0 Å². The molecule has 6 rings (SSSR count). The number of nitrogens with zero attached hydrogens (tertiary/aromatic N) is 2. The summed E-state index contributed by atoms with van der Waals surface area (Å²) >= 11 is 0. The smallest absolute Gasteiger partial charge is 0.357 e. The number of nitrogens with one attached hydrogen (secondary N) is 1. The average molecular weight is 503 g/mol. The van der Waals surface area contributed by atoms with Gasteiger partial charge in [-0.15, -0.1) is 0 Å². The fourth-order valence-corrected chi connectivity index (χ4v) is 5.68. The van der Waals surface area contributed by atoms with Gasteiger partial charge in [-0.25, -0.2) is 4.90 Å². The zero-order chi connectivity index (χ0) is 25.9. The zero-order valence-corrected chi connectivity index (χ0v) is 19.2. The maximum absolute atomic E-state index is 13.7. The second kappa shape index (κ2) is 8.33. The van der Waals surface area contributed by atoms with E-state index in [4.69, 9.17) is 0 Å². The van der Waals surface area contributed by atoms with Gasteiger partial charge in [0.2, 0.25) is 17.7 Å². The summed E-state index contributed by atoms with van der Waals surface area (Å²) in [4.78, 5) is 43.9. The van der Waals surface area contributed by atoms with E-state index in [1.807, 2.05) is 24.3 Å². The third-order valence-electron chi connectivity index (χ3n) is 7.20. The molecule has 3 aromatic rings. The van der Waals surface area contributed by atoms with E-state index in [-0.39, 0.29) is 5.69 Å². The highest BCUT2D eigenvalue weighted by Crippen LogP contribution is 2.53. The van der Waals surface area contributed by atoms with Crippen LogP contribution >= 0.6 is 0 Å². The molecular formula is C28H20F3N3O3. The Morgan fingerprint density at radius 1 is 0.838 bits per heavy atom. The van der Waals surface area contributed by atoms with Crippen molar-refractivity contribution in [3.63, 3.8) is 0 Å². The molecule has 6 nitrogen and oxygen atoms in total. The van der Waals surface area contributed by atoms with Crippen molar-refractivity contribution in [1.82, 2.24) is 4.90 Å². The Morgan fingerprint density at radius 2 is 1.54 bits per heavy atom. The van der Waals surface area contributed by atoms with Crippen LogP contribution in [0.3, 0.4) is 0 Å². The van der Waals surface area contributed by atoms with Gasteiger partial charge in [-0.3, -0.25) is 14.4 Å². The summed E-state index contributed by atoms with van der Waals surface area (Å²) in [5, 5.41) is 2.56. The molecule has 3 amide bonds. The first-order valence-corrected chi connectivity index (χ1v) is 11.7. The number of hydrogen-bond acceptors (Lipinski definition) is 4. The van der Waals surface area contributed by atoms with Crippen LogP contribution in [0.25, 0.3) is 6.08 Å². The third-order valence-corrected chi connectivity index (χ3v) is 7.20. The highest BCUT2D eigenvalue weighted by atomic mass is 19.4. The predicted octanol–water partition coefficient (Wildman–Crippen LogP) is 4.86. The molecule has 3 aliphatic heterocycles. The zero-order valence-electron chi connectivity index (χ0n) is 19.2. The highest BCUT2D eigenvalue weighted by Gasteiger charge is 2.64. The van der Waals surface area contributed by atoms with E-state index in [1.54, 1.807) is 47.5 Å². The molecule has 0 bridgehead atoms. The Bertz CT molecular complexity index is 1450. The molecule has 1 N–H and O–H groups in total. The number of carbonyl (C=O) groups is 3. The lowest BCUT2D eigenvalue weighted by Gasteiger charge is -2.35. The summed E-state index contributed by atoms with van der Waals surface area (Å²) in [5.41, 5.74) is 1.15. The van der Waals surface area contributed by atoms with Crippen LogP contribution in [0.15, 0.2) is 85.1 Å². The van der Waals surface area contributed by atoms with Gasteiger partial charge in [0.05, 0.1) is 29.1 Å². The molecule has 3 heterocycles. The number of hydrogen-bond donors (Lipinski definition) is 1. The minimum Gasteiger partial charge on any atom is -0.357 e. The van der Waals surface area contributed by atoms with Gasteiger partial charge in [0.25, 0.3) is 0 Å². The first kappa shape index (κ1) is 23.0. The molecule has 186 valence electrons. The van der Waals surface area contributed by atoms with Gasteiger partial charge in [-0.1, -0.05) is 48.5 Å². The first-order chi connectivity index (χ1) is 17.8. The summed E-state index contributed by atoms with van der Waals surface area (Å²) in [6, 6.07) is 18.6. The second-order valence-corrected chi connectivity index (χ2v) is 9.25. The number of amides is 3. The topological polar surface area (TPSA) is 69.7 Å². The van der Waals surface area contributed by atoms with Gasteiger partial charge in [0.15, 0.2) is 0 Å². The van der Waals surface area contributed by atoms with Crippen LogP contribution in [0.1, 0.15) is 22.7 Å². The van der Waals surface area contributed by atoms with Crippen molar-refractivity contribution in [2.75, 3.05) is 10.2 Å². The number of benzene rings is 3. The van der Waals surface area contributed by atoms with E-state index in [0.717, 1.165) is 28.2 Å². The molecule has 0 radical (unpaired) electrons. The number of imide groups is 1. The number of halogens is 3. The van der Waals surface area contributed by atoms with Crippen LogP contribution < -0.4 is 10.2 Å². The largest absolute Gasteiger partial charge is 0.416 e. The number of rotatable bonds is 3. The van der Waals surface area contributed by atoms with Gasteiger partial charge in [-0.2, -0.15) is 13.2 Å². The molecule has 0 aromatic heterocycles. The van der Waals surface area contributed by atoms with Crippen LogP contribution in [0, 0.1) is 11.8 Å². The normalized spacial score (nSPS) is 24.1. The monoisotopic (exact) mass is 503 g/mol. The van der Waals surface area contributed by atoms with Crippen molar-refractivity contribution in [3.8, 4) is 0 Å². The molecule has 0 spiro atoms. The maximum atomic E-state index is 13.7. The van der Waals surface area contributed by atoms with Crippen molar-refractivity contribution >= 4 is 35.2 Å². The van der Waals surface area contributed by atoms with E-state index in [1.165, 1.54) is 12.1 Å². The Labute approximate surface area is 210 Å². The Hall–Kier alpha value is -4.40. The maximum Gasteiger partial charge on any atom is 0.416 e. The molecule has 0 aliphatic carbocycles. The standard InChI is InChI=1S/C28H20F3N3O3/c29-28(30,31)17-8-6-9-18(15-17)32-25(35)24-22-21(23-20-12-5-4-7-16(20)13-14-33(23)24)26(36)34(27(22)37)19-10-2-1-3-11-19/h1-15,21-24H,(H,32,35)/t21-,22+,23+,24-/m0/s1. The predicted molar refractivity (Wildman–Crippen MR) is 130 cm³/mol. The second-order valence-electron chi connectivity index (χ2n) is 9.25. The SMILES string of the molecule is O=C(Nc1cccc(C(F)(F)F)c1)[C@@H]1[C@@H]2C(=O)N(c3ccccc3)C(=O)[C@@H]2[C@H]2c3ccccc3C=CN12. The molecule has 0 saturated carbocycles. The van der Waals surface area contributed by atoms with E-state index in [2.05, 4.69) is 5.32 Å². The van der Waals surface area contributed by atoms with Crippen LogP contribution in [-0.4, -0.2) is 28.7 Å². The number of carbonyl (C=O) groups excluding carboxylic acids is 3. The van der Waals surface area contributed by atoms with Gasteiger partial charge in [0, 0.05) is 11.9 Å². The average Bonchev–Trinajstić information content (AvgIpc) is 3.36. The number of anilines is 2. The molecule has 9 heteroatoms. The Morgan fingerprint density at radius 3 is 2.30 bits per heavy atom. The summed E-state index contributed by atoms with van der Waals surface area (Å²) in [6.07, 6.45) is -1.08. The summed E-state index contributed by atoms with van der Waals surface area (Å²) < 4.78 is 39.7. The van der Waals surface area contributed by atoms with Crippen molar-refractivity contribution < 1.29 is 27.6 Å². The molecule has 3 aromatic carbocycles. The van der Waals surface area contributed by atoms with E-state index >= 15 is 0 Å². The third kappa shape index (κ3) is 3.61. The van der Waals surface area contributed by atoms with E-state index < -0.39 is 53.4 Å². The van der Waals surface area contributed by atoms with Crippen LogP contribution in [0.5, 0.6) is 0 Å². The fourth-order valence-electron chi connectivity index (χ4n) is 5.68. The lowest BCUT2D eigenvalue weighted by atomic mass is 9.84. The van der Waals surface area contributed by atoms with Crippen LogP contribution in [-0.2, 0) is 20.6 Å². The lowest BCUT2D eigenvalue weighted by molar-refractivity contribution is -0.137. The van der Waals surface area contributed by atoms with Crippen molar-refractivity contribution in [1.29, 1.82) is 0 Å². The fraction of sp³-hybridized carbons (Fsp3) is 0.179. The van der Waals surface area contributed by atoms with Crippen molar-refractivity contribution in [2.24, 2.45) is 11.8 Å². The highest BCUT2D eigenvalue weighted by molar-refractivity contribution is 6.24. The molecule has 2 saturated heterocycles. The lowest BCUT2D eigenvalue weighted by Crippen LogP contribution is -2.46. The minimum atomic E-state index is -4.58. The summed E-state index contributed by atoms with van der Waals surface area (Å²) in [6.45, 7) is 0. The van der Waals surface area contributed by atoms with Gasteiger partial charge in [0.1, 0.15) is 6.04 Å². The van der Waals surface area contributed by atoms with Crippen LogP contribution in [0.4, 0.5) is 24.5 Å². The number of para-hydroxylation sites is 1. The van der Waals surface area contributed by atoms with Crippen molar-refractivity contribution in [3.05, 3.63) is 102 Å². The van der Waals surface area contributed by atoms with E-state index in [0.29, 0.717) is 5.69 Å². The molecular weight excluding hydrogens is 483 g/mol. The summed E-state index contributed by atoms with van der Waals surface area (Å²) in [5.74, 6) is -3.42. The van der Waals surface area contributed by atoms with Gasteiger partial charge >= 0.3 is 6.18 Å². The molecule has 0 unspecified atom stereocenters.